The molecule has 1 aromatic carbocycles. The Labute approximate surface area is 161 Å². The van der Waals surface area contributed by atoms with Gasteiger partial charge in [-0.2, -0.15) is 5.10 Å². The predicted molar refractivity (Wildman–Crippen MR) is 111 cm³/mol. The molecule has 142 valence electrons. The number of hydrogen-bond acceptors (Lipinski definition) is 2. The molecule has 2 fully saturated rings. The summed E-state index contributed by atoms with van der Waals surface area (Å²) in [6.45, 7) is 4.86. The minimum atomic E-state index is 0.743. The first-order valence-electron chi connectivity index (χ1n) is 10.6. The average molecular weight is 363 g/mol. The summed E-state index contributed by atoms with van der Waals surface area (Å²) in [5.74, 6) is 0.770. The molecule has 1 N–H and O–H groups in total. The number of rotatable bonds is 4. The van der Waals surface area contributed by atoms with Crippen molar-refractivity contribution in [3.63, 3.8) is 0 Å². The molecule has 2 atom stereocenters. The Morgan fingerprint density at radius 3 is 2.81 bits per heavy atom. The van der Waals surface area contributed by atoms with Crippen LogP contribution in [0.15, 0.2) is 42.9 Å². The fourth-order valence-corrected chi connectivity index (χ4v) is 5.45. The van der Waals surface area contributed by atoms with Gasteiger partial charge in [-0.25, -0.2) is 0 Å². The number of likely N-dealkylation sites (tertiary alicyclic amines) is 1. The minimum absolute atomic E-state index is 0.743. The van der Waals surface area contributed by atoms with Crippen LogP contribution in [0.2, 0.25) is 0 Å². The predicted octanol–water partition coefficient (Wildman–Crippen LogP) is 5.07. The summed E-state index contributed by atoms with van der Waals surface area (Å²) in [6, 6.07) is 10.6. The number of nitrogens with zero attached hydrogens (tertiary/aromatic N) is 3. The first-order chi connectivity index (χ1) is 13.3. The van der Waals surface area contributed by atoms with Crippen molar-refractivity contribution in [1.29, 1.82) is 0 Å². The third kappa shape index (κ3) is 3.31. The fourth-order valence-electron chi connectivity index (χ4n) is 5.45. The van der Waals surface area contributed by atoms with Crippen molar-refractivity contribution in [1.82, 2.24) is 19.7 Å². The highest BCUT2D eigenvalue weighted by atomic mass is 15.2. The zero-order chi connectivity index (χ0) is 18.2. The molecule has 3 aromatic rings. The standard InChI is InChI=1S/C23H30N4/c1-17-11-18(16-27(17)22-5-3-2-4-6-22)15-26-10-9-20-12-19(7-8-23(20)26)21-13-24-25-14-21/h7-10,12-14,17-18,22H,2-6,11,15-16H2,1H3,(H,24,25)/t17-,18+/m0/s1. The second-order valence-electron chi connectivity index (χ2n) is 8.67. The molecular weight excluding hydrogens is 332 g/mol. The fraction of sp³-hybridized carbons (Fsp3) is 0.522. The van der Waals surface area contributed by atoms with E-state index in [9.17, 15) is 0 Å². The summed E-state index contributed by atoms with van der Waals surface area (Å²) in [4.78, 5) is 2.83. The maximum absolute atomic E-state index is 4.07. The summed E-state index contributed by atoms with van der Waals surface area (Å²) >= 11 is 0. The van der Waals surface area contributed by atoms with Crippen LogP contribution in [0, 0.1) is 5.92 Å². The third-order valence-electron chi connectivity index (χ3n) is 6.81. The molecule has 1 saturated carbocycles. The molecule has 1 aliphatic carbocycles. The van der Waals surface area contributed by atoms with E-state index in [0.29, 0.717) is 0 Å². The highest BCUT2D eigenvalue weighted by Gasteiger charge is 2.34. The van der Waals surface area contributed by atoms with Gasteiger partial charge in [-0.1, -0.05) is 25.3 Å². The van der Waals surface area contributed by atoms with Crippen LogP contribution in [0.25, 0.3) is 22.0 Å². The number of aromatic amines is 1. The molecule has 0 amide bonds. The van der Waals surface area contributed by atoms with E-state index >= 15 is 0 Å². The molecule has 0 radical (unpaired) electrons. The minimum Gasteiger partial charge on any atom is -0.347 e. The van der Waals surface area contributed by atoms with Gasteiger partial charge in [-0.15, -0.1) is 0 Å². The lowest BCUT2D eigenvalue weighted by Gasteiger charge is -2.34. The molecule has 3 heterocycles. The van der Waals surface area contributed by atoms with Crippen LogP contribution in [-0.4, -0.2) is 38.3 Å². The summed E-state index contributed by atoms with van der Waals surface area (Å²) < 4.78 is 2.47. The van der Waals surface area contributed by atoms with Crippen molar-refractivity contribution in [3.05, 3.63) is 42.9 Å². The lowest BCUT2D eigenvalue weighted by molar-refractivity contribution is 0.146. The van der Waals surface area contributed by atoms with E-state index in [4.69, 9.17) is 0 Å². The van der Waals surface area contributed by atoms with Crippen LogP contribution in [-0.2, 0) is 6.54 Å². The Morgan fingerprint density at radius 1 is 1.11 bits per heavy atom. The SMILES string of the molecule is C[C@H]1C[C@H](Cn2ccc3cc(-c4cn[nH]c4)ccc32)CN1C1CCCCC1. The molecule has 2 aromatic heterocycles. The van der Waals surface area contributed by atoms with Crippen molar-refractivity contribution in [2.24, 2.45) is 5.92 Å². The molecule has 1 saturated heterocycles. The van der Waals surface area contributed by atoms with Crippen LogP contribution in [0.1, 0.15) is 45.4 Å². The van der Waals surface area contributed by atoms with Crippen LogP contribution < -0.4 is 0 Å². The Kier molecular flexibility index (Phi) is 4.52. The van der Waals surface area contributed by atoms with Gasteiger partial charge in [-0.3, -0.25) is 10.00 Å². The molecule has 0 unspecified atom stereocenters. The van der Waals surface area contributed by atoms with Crippen molar-refractivity contribution in [2.75, 3.05) is 6.54 Å². The van der Waals surface area contributed by atoms with E-state index in [2.05, 4.69) is 57.1 Å². The number of fused-ring (bicyclic) bond motifs is 1. The van der Waals surface area contributed by atoms with E-state index in [1.165, 1.54) is 61.5 Å². The highest BCUT2D eigenvalue weighted by molar-refractivity contribution is 5.85. The number of nitrogens with one attached hydrogen (secondary N) is 1. The van der Waals surface area contributed by atoms with Crippen molar-refractivity contribution in [3.8, 4) is 11.1 Å². The number of H-pyrrole nitrogens is 1. The van der Waals surface area contributed by atoms with Crippen molar-refractivity contribution in [2.45, 2.75) is 64.1 Å². The Bertz CT molecular complexity index is 888. The normalized spacial score (nSPS) is 24.8. The second-order valence-corrected chi connectivity index (χ2v) is 8.67. The van der Waals surface area contributed by atoms with Gasteiger partial charge < -0.3 is 4.57 Å². The van der Waals surface area contributed by atoms with Gasteiger partial charge in [0.2, 0.25) is 0 Å². The van der Waals surface area contributed by atoms with E-state index < -0.39 is 0 Å². The van der Waals surface area contributed by atoms with E-state index in [1.807, 2.05) is 12.4 Å². The molecule has 2 aliphatic rings. The monoisotopic (exact) mass is 362 g/mol. The maximum atomic E-state index is 4.07. The Morgan fingerprint density at radius 2 is 2.00 bits per heavy atom. The quantitative estimate of drug-likeness (QED) is 0.703. The lowest BCUT2D eigenvalue weighted by atomic mass is 9.94. The van der Waals surface area contributed by atoms with E-state index in [1.54, 1.807) is 0 Å². The first kappa shape index (κ1) is 17.1. The summed E-state index contributed by atoms with van der Waals surface area (Å²) in [7, 11) is 0. The molecule has 4 heteroatoms. The average Bonchev–Trinajstić information content (AvgIpc) is 3.43. The van der Waals surface area contributed by atoms with Gasteiger partial charge in [0.25, 0.3) is 0 Å². The lowest BCUT2D eigenvalue weighted by Crippen LogP contribution is -2.39. The Balaban J connectivity index is 1.31. The molecule has 1 aliphatic heterocycles. The van der Waals surface area contributed by atoms with Gasteiger partial charge in [0.1, 0.15) is 0 Å². The summed E-state index contributed by atoms with van der Waals surface area (Å²) in [5.41, 5.74) is 3.73. The molecule has 27 heavy (non-hydrogen) atoms. The van der Waals surface area contributed by atoms with E-state index in [-0.39, 0.29) is 0 Å². The molecular formula is C23H30N4. The van der Waals surface area contributed by atoms with Crippen LogP contribution >= 0.6 is 0 Å². The van der Waals surface area contributed by atoms with Crippen LogP contribution in [0.3, 0.4) is 0 Å². The van der Waals surface area contributed by atoms with Crippen LogP contribution in [0.5, 0.6) is 0 Å². The van der Waals surface area contributed by atoms with Gasteiger partial charge in [-0.05, 0) is 55.9 Å². The van der Waals surface area contributed by atoms with Gasteiger partial charge in [0.05, 0.1) is 6.20 Å². The van der Waals surface area contributed by atoms with Gasteiger partial charge in [0.15, 0.2) is 0 Å². The summed E-state index contributed by atoms with van der Waals surface area (Å²) in [6.07, 6.45) is 14.6. The van der Waals surface area contributed by atoms with Crippen LogP contribution in [0.4, 0.5) is 0 Å². The number of benzene rings is 1. The largest absolute Gasteiger partial charge is 0.347 e. The van der Waals surface area contributed by atoms with Gasteiger partial charge in [0, 0.05) is 54.0 Å². The smallest absolute Gasteiger partial charge is 0.0565 e. The molecule has 4 nitrogen and oxygen atoms in total. The van der Waals surface area contributed by atoms with E-state index in [0.717, 1.165) is 30.1 Å². The number of aromatic nitrogens is 3. The van der Waals surface area contributed by atoms with Gasteiger partial charge >= 0.3 is 0 Å². The van der Waals surface area contributed by atoms with Crippen molar-refractivity contribution < 1.29 is 0 Å². The molecule has 0 spiro atoms. The summed E-state index contributed by atoms with van der Waals surface area (Å²) in [5, 5.41) is 8.30. The zero-order valence-electron chi connectivity index (χ0n) is 16.3. The number of hydrogen-bond donors (Lipinski definition) is 1. The molecule has 0 bridgehead atoms. The Hall–Kier alpha value is -2.07. The maximum Gasteiger partial charge on any atom is 0.0565 e. The zero-order valence-corrected chi connectivity index (χ0v) is 16.3. The topological polar surface area (TPSA) is 36.9 Å². The van der Waals surface area contributed by atoms with Crippen molar-refractivity contribution >= 4 is 10.9 Å². The highest BCUT2D eigenvalue weighted by Crippen LogP contribution is 2.33. The second kappa shape index (κ2) is 7.16. The first-order valence-corrected chi connectivity index (χ1v) is 10.6. The third-order valence-corrected chi connectivity index (χ3v) is 6.81. The molecule has 5 rings (SSSR count).